The summed E-state index contributed by atoms with van der Waals surface area (Å²) in [5.41, 5.74) is -4.39. The molecular formula is C45H48N6O13. The van der Waals surface area contributed by atoms with Crippen LogP contribution in [0.5, 0.6) is 5.75 Å². The zero-order valence-electron chi connectivity index (χ0n) is 36.3. The standard InChI is InChI=1S/C45H48N6O13/c1-9-44(5,6)48-38(54)27-19-30(41(58)59)26(18-31(27)42(60)61)37(53)47-34-16-22(4)33(21-35(34)64-8)51-50-24-14-12-23(13-15-24)46-36(52)25-17-32(43(62)63)28(20-29(25)40(56)57)39(55)49-45(7,10-2)11-3/h12-21H,9-11H2,1-8H3,(H,46,52)(H,47,53)(H,48,54)(H,49,55)(H,56,57)(H,58,59)(H,60,61)(H,62,63). The fourth-order valence-electron chi connectivity index (χ4n) is 6.05. The Morgan fingerprint density at radius 2 is 0.969 bits per heavy atom. The van der Waals surface area contributed by atoms with Crippen LogP contribution >= 0.6 is 0 Å². The molecule has 0 aliphatic heterocycles. The molecule has 4 aromatic carbocycles. The second kappa shape index (κ2) is 19.8. The Morgan fingerprint density at radius 1 is 0.547 bits per heavy atom. The lowest BCUT2D eigenvalue weighted by Crippen LogP contribution is -2.45. The van der Waals surface area contributed by atoms with Crippen molar-refractivity contribution in [2.45, 2.75) is 78.8 Å². The zero-order valence-corrected chi connectivity index (χ0v) is 36.3. The molecule has 0 fully saturated rings. The second-order valence-corrected chi connectivity index (χ2v) is 15.5. The van der Waals surface area contributed by atoms with E-state index in [9.17, 15) is 58.8 Å². The van der Waals surface area contributed by atoms with Gasteiger partial charge >= 0.3 is 23.9 Å². The first kappa shape index (κ1) is 48.7. The van der Waals surface area contributed by atoms with Crippen molar-refractivity contribution in [3.05, 3.63) is 111 Å². The maximum Gasteiger partial charge on any atom is 0.336 e. The molecule has 19 nitrogen and oxygen atoms in total. The largest absolute Gasteiger partial charge is 0.494 e. The van der Waals surface area contributed by atoms with E-state index in [-0.39, 0.29) is 22.8 Å². The van der Waals surface area contributed by atoms with E-state index < -0.39 is 103 Å². The maximum atomic E-state index is 13.6. The van der Waals surface area contributed by atoms with E-state index in [1.807, 2.05) is 13.8 Å². The molecule has 0 atom stereocenters. The smallest absolute Gasteiger partial charge is 0.336 e. The summed E-state index contributed by atoms with van der Waals surface area (Å²) in [6.07, 6.45) is 1.53. The quantitative estimate of drug-likeness (QED) is 0.0441. The topological polar surface area (TPSA) is 300 Å². The van der Waals surface area contributed by atoms with Gasteiger partial charge in [-0.2, -0.15) is 10.2 Å². The highest BCUT2D eigenvalue weighted by Gasteiger charge is 2.31. The number of carbonyl (C=O) groups is 8. The normalized spacial score (nSPS) is 11.4. The first-order valence-electron chi connectivity index (χ1n) is 19.8. The van der Waals surface area contributed by atoms with Crippen LogP contribution < -0.4 is 26.0 Å². The number of benzene rings is 4. The number of aromatic carboxylic acids is 4. The number of nitrogens with zero attached hydrogens (tertiary/aromatic N) is 2. The molecule has 4 aromatic rings. The number of aryl methyl sites for hydroxylation is 1. The summed E-state index contributed by atoms with van der Waals surface area (Å²) in [5, 5.41) is 58.7. The summed E-state index contributed by atoms with van der Waals surface area (Å²) in [4.78, 5) is 102. The average Bonchev–Trinajstić information content (AvgIpc) is 3.25. The molecule has 8 N–H and O–H groups in total. The van der Waals surface area contributed by atoms with E-state index in [1.54, 1.807) is 34.6 Å². The Balaban J connectivity index is 1.57. The van der Waals surface area contributed by atoms with Crippen molar-refractivity contribution in [1.29, 1.82) is 0 Å². The van der Waals surface area contributed by atoms with Gasteiger partial charge in [0.25, 0.3) is 23.6 Å². The number of carboxylic acid groups (broad SMARTS) is 4. The fraction of sp³-hybridized carbons (Fsp3) is 0.289. The molecule has 0 aliphatic carbocycles. The molecule has 0 heterocycles. The number of hydrogen-bond acceptors (Lipinski definition) is 11. The zero-order chi connectivity index (χ0) is 47.8. The lowest BCUT2D eigenvalue weighted by molar-refractivity contribution is 0.0675. The molecule has 0 saturated heterocycles. The van der Waals surface area contributed by atoms with Crippen molar-refractivity contribution >= 4 is 70.3 Å². The van der Waals surface area contributed by atoms with Crippen molar-refractivity contribution < 1.29 is 63.5 Å². The molecule has 0 aliphatic rings. The number of carboxylic acids is 4. The minimum atomic E-state index is -1.58. The van der Waals surface area contributed by atoms with Crippen LogP contribution in [-0.2, 0) is 0 Å². The van der Waals surface area contributed by atoms with Crippen molar-refractivity contribution in [2.24, 2.45) is 10.2 Å². The minimum Gasteiger partial charge on any atom is -0.494 e. The van der Waals surface area contributed by atoms with E-state index in [0.29, 0.717) is 30.5 Å². The van der Waals surface area contributed by atoms with Gasteiger partial charge in [-0.25, -0.2) is 19.2 Å². The molecule has 0 saturated carbocycles. The van der Waals surface area contributed by atoms with Gasteiger partial charge in [-0.1, -0.05) is 20.8 Å². The van der Waals surface area contributed by atoms with Crippen LogP contribution in [0.4, 0.5) is 22.7 Å². The summed E-state index contributed by atoms with van der Waals surface area (Å²) >= 11 is 0. The summed E-state index contributed by atoms with van der Waals surface area (Å²) in [7, 11) is 1.30. The summed E-state index contributed by atoms with van der Waals surface area (Å²) < 4.78 is 5.45. The molecule has 0 aromatic heterocycles. The average molecular weight is 881 g/mol. The highest BCUT2D eigenvalue weighted by Crippen LogP contribution is 2.35. The molecule has 4 amide bonds. The van der Waals surface area contributed by atoms with E-state index >= 15 is 0 Å². The van der Waals surface area contributed by atoms with Gasteiger partial charge in [-0.05, 0) is 107 Å². The van der Waals surface area contributed by atoms with Crippen LogP contribution in [0.25, 0.3) is 0 Å². The number of nitrogens with one attached hydrogen (secondary N) is 4. The number of azo groups is 1. The Hall–Kier alpha value is -7.96. The fourth-order valence-corrected chi connectivity index (χ4v) is 6.05. The van der Waals surface area contributed by atoms with Crippen LogP contribution in [0.1, 0.15) is 149 Å². The Morgan fingerprint density at radius 3 is 1.38 bits per heavy atom. The van der Waals surface area contributed by atoms with Crippen molar-refractivity contribution in [1.82, 2.24) is 10.6 Å². The first-order chi connectivity index (χ1) is 30.0. The summed E-state index contributed by atoms with van der Waals surface area (Å²) in [6.45, 7) is 12.3. The van der Waals surface area contributed by atoms with Gasteiger partial charge in [0, 0.05) is 22.8 Å². The van der Waals surface area contributed by atoms with E-state index in [0.717, 1.165) is 24.3 Å². The van der Waals surface area contributed by atoms with Crippen molar-refractivity contribution in [3.63, 3.8) is 0 Å². The van der Waals surface area contributed by atoms with E-state index in [1.165, 1.54) is 43.5 Å². The Labute approximate surface area is 366 Å². The Kier molecular flexibility index (Phi) is 15.1. The second-order valence-electron chi connectivity index (χ2n) is 15.5. The predicted octanol–water partition coefficient (Wildman–Crippen LogP) is 7.94. The van der Waals surface area contributed by atoms with E-state index in [2.05, 4.69) is 31.5 Å². The van der Waals surface area contributed by atoms with Crippen LogP contribution in [-0.4, -0.2) is 86.1 Å². The molecule has 0 unspecified atom stereocenters. The van der Waals surface area contributed by atoms with Crippen molar-refractivity contribution in [2.75, 3.05) is 17.7 Å². The van der Waals surface area contributed by atoms with Gasteiger partial charge in [0.2, 0.25) is 0 Å². The number of rotatable bonds is 18. The highest BCUT2D eigenvalue weighted by molar-refractivity contribution is 6.16. The number of anilines is 2. The molecule has 4 rings (SSSR count). The molecule has 336 valence electrons. The first-order valence-corrected chi connectivity index (χ1v) is 19.8. The SMILES string of the molecule is CCC(C)(C)NC(=O)c1cc(C(=O)O)c(C(=O)Nc2cc(C)c(N=Nc3ccc(NC(=O)c4cc(C(=O)O)c(C(=O)NC(C)(CC)CC)cc4C(=O)O)cc3)cc2OC)cc1C(=O)O. The van der Waals surface area contributed by atoms with Gasteiger partial charge in [-0.15, -0.1) is 0 Å². The van der Waals surface area contributed by atoms with Gasteiger partial charge in [-0.3, -0.25) is 19.2 Å². The molecule has 0 spiro atoms. The van der Waals surface area contributed by atoms with Gasteiger partial charge in [0.05, 0.1) is 68.7 Å². The number of hydrogen-bond donors (Lipinski definition) is 8. The van der Waals surface area contributed by atoms with Gasteiger partial charge in [0.15, 0.2) is 0 Å². The van der Waals surface area contributed by atoms with Crippen LogP contribution in [0, 0.1) is 6.92 Å². The predicted molar refractivity (Wildman–Crippen MR) is 233 cm³/mol. The maximum absolute atomic E-state index is 13.6. The Bertz CT molecular complexity index is 2600. The number of methoxy groups -OCH3 is 1. The lowest BCUT2D eigenvalue weighted by atomic mass is 9.93. The molecular weight excluding hydrogens is 833 g/mol. The minimum absolute atomic E-state index is 0.0687. The lowest BCUT2D eigenvalue weighted by Gasteiger charge is -2.28. The van der Waals surface area contributed by atoms with E-state index in [4.69, 9.17) is 4.74 Å². The van der Waals surface area contributed by atoms with Gasteiger partial charge in [0.1, 0.15) is 5.75 Å². The summed E-state index contributed by atoms with van der Waals surface area (Å²) in [6, 6.07) is 12.1. The third-order valence-corrected chi connectivity index (χ3v) is 10.7. The monoisotopic (exact) mass is 880 g/mol. The van der Waals surface area contributed by atoms with Gasteiger partial charge < -0.3 is 46.4 Å². The molecule has 19 heteroatoms. The molecule has 64 heavy (non-hydrogen) atoms. The number of ether oxygens (including phenoxy) is 1. The third-order valence-electron chi connectivity index (χ3n) is 10.7. The molecule has 0 radical (unpaired) electrons. The third kappa shape index (κ3) is 11.3. The van der Waals surface area contributed by atoms with Crippen LogP contribution in [0.2, 0.25) is 0 Å². The number of amides is 4. The molecule has 0 bridgehead atoms. The van der Waals surface area contributed by atoms with Crippen LogP contribution in [0.3, 0.4) is 0 Å². The number of carbonyl (C=O) groups excluding carboxylic acids is 4. The van der Waals surface area contributed by atoms with Crippen molar-refractivity contribution in [3.8, 4) is 5.75 Å². The van der Waals surface area contributed by atoms with Crippen LogP contribution in [0.15, 0.2) is 70.9 Å². The summed E-state index contributed by atoms with van der Waals surface area (Å²) in [5.74, 6) is -9.77. The highest BCUT2D eigenvalue weighted by atomic mass is 16.5.